The number of hydrogen-bond donors (Lipinski definition) is 1. The van der Waals surface area contributed by atoms with E-state index >= 15 is 0 Å². The van der Waals surface area contributed by atoms with Crippen LogP contribution in [0.25, 0.3) is 0 Å². The number of carbonyl (C=O) groups is 2. The van der Waals surface area contributed by atoms with Crippen LogP contribution in [0.3, 0.4) is 0 Å². The Morgan fingerprint density at radius 3 is 2.43 bits per heavy atom. The molecule has 2 unspecified atom stereocenters. The van der Waals surface area contributed by atoms with Gasteiger partial charge in [0.1, 0.15) is 6.04 Å². The number of nitrogens with zero attached hydrogens (tertiary/aromatic N) is 1. The number of ether oxygens (including phenoxy) is 1. The molecule has 0 saturated heterocycles. The molecule has 1 rings (SSSR count). The minimum Gasteiger partial charge on any atom is -0.465 e. The van der Waals surface area contributed by atoms with Crippen LogP contribution < -0.4 is 5.32 Å². The molecular formula is C16H24N2O3. The van der Waals surface area contributed by atoms with Crippen molar-refractivity contribution in [2.75, 3.05) is 27.2 Å². The van der Waals surface area contributed by atoms with Gasteiger partial charge in [0.25, 0.3) is 0 Å². The van der Waals surface area contributed by atoms with Gasteiger partial charge in [0.05, 0.1) is 6.61 Å². The molecule has 0 radical (unpaired) electrons. The monoisotopic (exact) mass is 292 g/mol. The van der Waals surface area contributed by atoms with Gasteiger partial charge in [-0.25, -0.2) is 4.79 Å². The van der Waals surface area contributed by atoms with Crippen LogP contribution in [0.15, 0.2) is 30.3 Å². The van der Waals surface area contributed by atoms with Crippen molar-refractivity contribution in [1.82, 2.24) is 10.2 Å². The van der Waals surface area contributed by atoms with Crippen LogP contribution in [0.2, 0.25) is 0 Å². The third-order valence-corrected chi connectivity index (χ3v) is 3.32. The summed E-state index contributed by atoms with van der Waals surface area (Å²) in [6.45, 7) is 4.43. The number of amides is 1. The third-order valence-electron chi connectivity index (χ3n) is 3.32. The first-order chi connectivity index (χ1) is 10.0. The summed E-state index contributed by atoms with van der Waals surface area (Å²) >= 11 is 0. The summed E-state index contributed by atoms with van der Waals surface area (Å²) in [6, 6.07) is 8.96. The Balaban J connectivity index is 2.91. The lowest BCUT2D eigenvalue weighted by Gasteiger charge is -2.28. The highest BCUT2D eigenvalue weighted by Crippen LogP contribution is 2.22. The lowest BCUT2D eigenvalue weighted by molar-refractivity contribution is -0.150. The predicted molar refractivity (Wildman–Crippen MR) is 81.7 cm³/mol. The molecule has 0 saturated carbocycles. The highest BCUT2D eigenvalue weighted by molar-refractivity contribution is 5.79. The fourth-order valence-corrected chi connectivity index (χ4v) is 2.29. The smallest absolute Gasteiger partial charge is 0.327 e. The number of hydrogen-bond acceptors (Lipinski definition) is 4. The van der Waals surface area contributed by atoms with E-state index in [0.717, 1.165) is 5.56 Å². The second-order valence-corrected chi connectivity index (χ2v) is 5.02. The van der Waals surface area contributed by atoms with E-state index in [1.54, 1.807) is 14.0 Å². The average Bonchev–Trinajstić information content (AvgIpc) is 2.47. The van der Waals surface area contributed by atoms with E-state index in [1.807, 2.05) is 49.2 Å². The second kappa shape index (κ2) is 8.42. The Morgan fingerprint density at radius 1 is 1.29 bits per heavy atom. The Kier molecular flexibility index (Phi) is 6.88. The first kappa shape index (κ1) is 17.2. The summed E-state index contributed by atoms with van der Waals surface area (Å²) in [5, 5.41) is 2.62. The van der Waals surface area contributed by atoms with Gasteiger partial charge >= 0.3 is 5.97 Å². The number of carbonyl (C=O) groups excluding carboxylic acids is 2. The summed E-state index contributed by atoms with van der Waals surface area (Å²) < 4.78 is 5.17. The lowest BCUT2D eigenvalue weighted by atomic mass is 10.0. The number of likely N-dealkylation sites (N-methyl/N-ethyl adjacent to an activating group) is 1. The third kappa shape index (κ3) is 4.86. The van der Waals surface area contributed by atoms with Crippen molar-refractivity contribution in [3.05, 3.63) is 35.9 Å². The van der Waals surface area contributed by atoms with Crippen LogP contribution in [0.1, 0.15) is 25.5 Å². The van der Waals surface area contributed by atoms with Crippen LogP contribution in [0, 0.1) is 5.92 Å². The average molecular weight is 292 g/mol. The van der Waals surface area contributed by atoms with Gasteiger partial charge < -0.3 is 10.1 Å². The minimum atomic E-state index is -0.502. The van der Waals surface area contributed by atoms with E-state index < -0.39 is 6.04 Å². The van der Waals surface area contributed by atoms with Gasteiger partial charge in [-0.2, -0.15) is 0 Å². The van der Waals surface area contributed by atoms with Crippen molar-refractivity contribution >= 4 is 11.9 Å². The maximum atomic E-state index is 12.2. The molecule has 0 bridgehead atoms. The summed E-state index contributed by atoms with van der Waals surface area (Å²) in [6.07, 6.45) is 0. The van der Waals surface area contributed by atoms with Crippen molar-refractivity contribution in [3.8, 4) is 0 Å². The maximum absolute atomic E-state index is 12.2. The van der Waals surface area contributed by atoms with Gasteiger partial charge in [-0.3, -0.25) is 9.69 Å². The zero-order valence-electron chi connectivity index (χ0n) is 13.1. The molecule has 1 aromatic carbocycles. The molecule has 0 fully saturated rings. The molecule has 0 aliphatic heterocycles. The number of esters is 1. The van der Waals surface area contributed by atoms with Crippen LogP contribution in [0.4, 0.5) is 0 Å². The standard InChI is InChI=1S/C16H24N2O3/c1-5-21-16(20)14(13-9-7-6-8-10-13)18(4)11-12(2)15(19)17-3/h6-10,12,14H,5,11H2,1-4H3,(H,17,19). The van der Waals surface area contributed by atoms with E-state index in [1.165, 1.54) is 0 Å². The van der Waals surface area contributed by atoms with Gasteiger partial charge in [-0.05, 0) is 19.5 Å². The molecule has 116 valence electrons. The normalized spacial score (nSPS) is 13.6. The number of rotatable bonds is 7. The fraction of sp³-hybridized carbons (Fsp3) is 0.500. The minimum absolute atomic E-state index is 0.0440. The molecule has 1 N–H and O–H groups in total. The van der Waals surface area contributed by atoms with Crippen molar-refractivity contribution < 1.29 is 14.3 Å². The first-order valence-electron chi connectivity index (χ1n) is 7.14. The van der Waals surface area contributed by atoms with Crippen molar-refractivity contribution in [1.29, 1.82) is 0 Å². The summed E-state index contributed by atoms with van der Waals surface area (Å²) in [5.41, 5.74) is 0.863. The largest absolute Gasteiger partial charge is 0.465 e. The first-order valence-corrected chi connectivity index (χ1v) is 7.14. The Morgan fingerprint density at radius 2 is 1.90 bits per heavy atom. The molecule has 1 aromatic rings. The van der Waals surface area contributed by atoms with E-state index in [4.69, 9.17) is 4.74 Å². The molecule has 1 amide bonds. The molecule has 0 spiro atoms. The van der Waals surface area contributed by atoms with E-state index in [0.29, 0.717) is 13.2 Å². The van der Waals surface area contributed by atoms with Crippen molar-refractivity contribution in [3.63, 3.8) is 0 Å². The van der Waals surface area contributed by atoms with Crippen LogP contribution in [-0.4, -0.2) is 44.0 Å². The van der Waals surface area contributed by atoms with E-state index in [2.05, 4.69) is 5.32 Å². The lowest BCUT2D eigenvalue weighted by Crippen LogP contribution is -2.39. The van der Waals surface area contributed by atoms with Crippen molar-refractivity contribution in [2.45, 2.75) is 19.9 Å². The summed E-state index contributed by atoms with van der Waals surface area (Å²) in [7, 11) is 3.44. The molecule has 5 nitrogen and oxygen atoms in total. The molecule has 0 aliphatic rings. The molecule has 5 heteroatoms. The summed E-state index contributed by atoms with van der Waals surface area (Å²) in [5.74, 6) is -0.548. The van der Waals surface area contributed by atoms with Gasteiger partial charge in [0.2, 0.25) is 5.91 Å². The summed E-state index contributed by atoms with van der Waals surface area (Å²) in [4.78, 5) is 25.7. The highest BCUT2D eigenvalue weighted by Gasteiger charge is 2.28. The maximum Gasteiger partial charge on any atom is 0.327 e. The van der Waals surface area contributed by atoms with E-state index in [9.17, 15) is 9.59 Å². The topological polar surface area (TPSA) is 58.6 Å². The van der Waals surface area contributed by atoms with Crippen LogP contribution in [-0.2, 0) is 14.3 Å². The van der Waals surface area contributed by atoms with Crippen LogP contribution >= 0.6 is 0 Å². The molecule has 0 aromatic heterocycles. The molecule has 21 heavy (non-hydrogen) atoms. The van der Waals surface area contributed by atoms with Crippen molar-refractivity contribution in [2.24, 2.45) is 5.92 Å². The molecular weight excluding hydrogens is 268 g/mol. The van der Waals surface area contributed by atoms with E-state index in [-0.39, 0.29) is 17.8 Å². The molecule has 2 atom stereocenters. The fourth-order valence-electron chi connectivity index (χ4n) is 2.29. The number of nitrogens with one attached hydrogen (secondary N) is 1. The van der Waals surface area contributed by atoms with Gasteiger partial charge in [0.15, 0.2) is 0 Å². The van der Waals surface area contributed by atoms with Gasteiger partial charge in [-0.1, -0.05) is 37.3 Å². The quantitative estimate of drug-likeness (QED) is 0.776. The Labute approximate surface area is 126 Å². The zero-order chi connectivity index (χ0) is 15.8. The Hall–Kier alpha value is -1.88. The predicted octanol–water partition coefficient (Wildman–Crippen LogP) is 1.60. The van der Waals surface area contributed by atoms with Gasteiger partial charge in [0, 0.05) is 19.5 Å². The molecule has 0 aliphatic carbocycles. The van der Waals surface area contributed by atoms with Gasteiger partial charge in [-0.15, -0.1) is 0 Å². The second-order valence-electron chi connectivity index (χ2n) is 5.02. The van der Waals surface area contributed by atoms with Crippen LogP contribution in [0.5, 0.6) is 0 Å². The number of benzene rings is 1. The zero-order valence-corrected chi connectivity index (χ0v) is 13.1. The molecule has 0 heterocycles. The SMILES string of the molecule is CCOC(=O)C(c1ccccc1)N(C)CC(C)C(=O)NC. The highest BCUT2D eigenvalue weighted by atomic mass is 16.5. The Bertz CT molecular complexity index is 462.